The molecule has 0 amide bonds. The molecule has 0 aromatic carbocycles. The highest BCUT2D eigenvalue weighted by Crippen LogP contribution is 2.21. The lowest BCUT2D eigenvalue weighted by Gasteiger charge is -2.28. The van der Waals surface area contributed by atoms with Crippen molar-refractivity contribution in [3.8, 4) is 0 Å². The Morgan fingerprint density at radius 3 is 1.60 bits per heavy atom. The lowest BCUT2D eigenvalue weighted by molar-refractivity contribution is -0.862. The first-order chi connectivity index (χ1) is 16.6. The van der Waals surface area contributed by atoms with Gasteiger partial charge < -0.3 is 19.8 Å². The van der Waals surface area contributed by atoms with Crippen LogP contribution in [0.15, 0.2) is 17.4 Å². The van der Waals surface area contributed by atoms with Crippen LogP contribution in [0.2, 0.25) is 0 Å². The lowest BCUT2D eigenvalue weighted by Crippen LogP contribution is -2.50. The van der Waals surface area contributed by atoms with E-state index in [1.165, 1.54) is 77.0 Å². The van der Waals surface area contributed by atoms with Crippen LogP contribution in [0.3, 0.4) is 0 Å². The number of hydrogen-bond acceptors (Lipinski definition) is 4. The predicted octanol–water partition coefficient (Wildman–Crippen LogP) is 5.37. The second-order valence-corrected chi connectivity index (χ2v) is 10.8. The van der Waals surface area contributed by atoms with Gasteiger partial charge in [-0.1, -0.05) is 90.4 Å². The molecule has 0 spiro atoms. The van der Waals surface area contributed by atoms with E-state index in [-0.39, 0.29) is 24.3 Å². The maximum Gasteiger partial charge on any atom is 0.360 e. The summed E-state index contributed by atoms with van der Waals surface area (Å²) in [4.78, 5) is 25.3. The first kappa shape index (κ1) is 33.2. The van der Waals surface area contributed by atoms with Gasteiger partial charge in [0.05, 0.1) is 27.3 Å². The minimum atomic E-state index is -0.913. The van der Waals surface area contributed by atoms with Crippen LogP contribution in [0.4, 0.5) is 0 Å². The Morgan fingerprint density at radius 1 is 0.800 bits per heavy atom. The number of likely N-dealkylation sites (N-methyl/N-ethyl adjacent to an activating group) is 1. The van der Waals surface area contributed by atoms with Crippen LogP contribution in [0, 0.1) is 0 Å². The highest BCUT2D eigenvalue weighted by molar-refractivity contribution is 5.81. The summed E-state index contributed by atoms with van der Waals surface area (Å²) in [6.45, 7) is 2.08. The molecule has 3 N–H and O–H groups in total. The third kappa shape index (κ3) is 18.2. The summed E-state index contributed by atoms with van der Waals surface area (Å²) >= 11 is 0. The number of nitrogens with zero attached hydrogens (tertiary/aromatic N) is 3. The van der Waals surface area contributed by atoms with E-state index in [0.29, 0.717) is 4.48 Å². The highest BCUT2D eigenvalue weighted by Gasteiger charge is 2.36. The summed E-state index contributed by atoms with van der Waals surface area (Å²) in [5.41, 5.74) is 0. The van der Waals surface area contributed by atoms with Gasteiger partial charge in [-0.05, 0) is 6.42 Å². The molecule has 1 rings (SSSR count). The minimum absolute atomic E-state index is 0.0340. The van der Waals surface area contributed by atoms with Crippen LogP contribution in [0.25, 0.3) is 0 Å². The summed E-state index contributed by atoms with van der Waals surface area (Å²) in [5.74, 6) is -0.888. The van der Waals surface area contributed by atoms with Crippen molar-refractivity contribution in [2.45, 2.75) is 103 Å². The lowest BCUT2D eigenvalue weighted by atomic mass is 10.0. The van der Waals surface area contributed by atoms with E-state index in [0.717, 1.165) is 25.1 Å². The Balaban J connectivity index is 0.00000124. The number of amidine groups is 1. The highest BCUT2D eigenvalue weighted by atomic mass is 16.4. The van der Waals surface area contributed by atoms with Crippen LogP contribution in [0.5, 0.6) is 0 Å². The molecule has 0 aromatic heterocycles. The Labute approximate surface area is 213 Å². The molecule has 0 saturated carbocycles. The fourth-order valence-corrected chi connectivity index (χ4v) is 4.18. The van der Waals surface area contributed by atoms with Gasteiger partial charge >= 0.3 is 11.9 Å². The average molecular weight is 500 g/mol. The summed E-state index contributed by atoms with van der Waals surface area (Å²) < 4.78 is 0.448. The number of unbranched alkanes of at least 4 members (excludes halogenated alkanes) is 13. The molecule has 8 heteroatoms. The summed E-state index contributed by atoms with van der Waals surface area (Å²) in [5, 5.41) is 26.9. The van der Waals surface area contributed by atoms with Crippen LogP contribution in [0.1, 0.15) is 103 Å². The number of carboxylic acid groups (broad SMARTS) is 2. The fourth-order valence-electron chi connectivity index (χ4n) is 4.18. The summed E-state index contributed by atoms with van der Waals surface area (Å²) in [6, 6.07) is 0. The number of aliphatic carboxylic acids is 2. The minimum Gasteiger partial charge on any atom is -0.477 e. The molecule has 1 unspecified atom stereocenters. The van der Waals surface area contributed by atoms with Crippen molar-refractivity contribution in [3.05, 3.63) is 12.4 Å². The first-order valence-corrected chi connectivity index (χ1v) is 13.5. The number of carbonyl (C=O) groups is 2. The van der Waals surface area contributed by atoms with Gasteiger partial charge in [0, 0.05) is 6.42 Å². The Morgan fingerprint density at radius 2 is 1.26 bits per heavy atom. The molecule has 0 bridgehead atoms. The van der Waals surface area contributed by atoms with E-state index >= 15 is 0 Å². The van der Waals surface area contributed by atoms with Gasteiger partial charge in [0.1, 0.15) is 6.20 Å². The molecule has 1 atom stereocenters. The van der Waals surface area contributed by atoms with Crippen LogP contribution in [-0.2, 0) is 9.59 Å². The monoisotopic (exact) mass is 499 g/mol. The van der Waals surface area contributed by atoms with Crippen LogP contribution in [-0.4, -0.2) is 83.0 Å². The van der Waals surface area contributed by atoms with Gasteiger partial charge in [0.2, 0.25) is 5.84 Å². The normalized spacial score (nSPS) is 17.1. The molecule has 0 aromatic rings. The van der Waals surface area contributed by atoms with Gasteiger partial charge in [0.15, 0.2) is 19.8 Å². The van der Waals surface area contributed by atoms with E-state index in [1.54, 1.807) is 12.4 Å². The van der Waals surface area contributed by atoms with Gasteiger partial charge in [0.25, 0.3) is 0 Å². The Hall–Kier alpha value is -1.77. The topological polar surface area (TPSA) is 107 Å². The van der Waals surface area contributed by atoms with E-state index < -0.39 is 11.9 Å². The molecule has 1 heterocycles. The maximum absolute atomic E-state index is 11.1. The largest absolute Gasteiger partial charge is 0.477 e. The third-order valence-corrected chi connectivity index (χ3v) is 6.12. The van der Waals surface area contributed by atoms with Gasteiger partial charge in [-0.25, -0.2) is 19.1 Å². The van der Waals surface area contributed by atoms with Crippen molar-refractivity contribution < 1.29 is 33.9 Å². The number of carboxylic acids is 2. The molecule has 0 fully saturated rings. The van der Waals surface area contributed by atoms with Crippen LogP contribution < -0.4 is 0 Å². The number of hydrogen-bond donors (Lipinski definition) is 3. The third-order valence-electron chi connectivity index (χ3n) is 6.12. The SMILES string of the molecule is CCCCCCCCCCCCCCCCC1=NC=C[N+]1(CO)CC(=O)O.C[N+](C)(C)CC(=O)O. The Kier molecular flexibility index (Phi) is 18.4. The van der Waals surface area contributed by atoms with Crippen LogP contribution >= 0.6 is 0 Å². The Bertz CT molecular complexity index is 643. The van der Waals surface area contributed by atoms with E-state index in [4.69, 9.17) is 10.2 Å². The average Bonchev–Trinajstić information content (AvgIpc) is 3.14. The van der Waals surface area contributed by atoms with Crippen molar-refractivity contribution in [3.63, 3.8) is 0 Å². The molecule has 0 radical (unpaired) electrons. The predicted molar refractivity (Wildman–Crippen MR) is 142 cm³/mol. The molecule has 204 valence electrons. The van der Waals surface area contributed by atoms with Crippen molar-refractivity contribution in [2.75, 3.05) is 41.0 Å². The zero-order chi connectivity index (χ0) is 26.6. The summed E-state index contributed by atoms with van der Waals surface area (Å²) in [7, 11) is 5.52. The zero-order valence-corrected chi connectivity index (χ0v) is 22.9. The maximum atomic E-state index is 11.1. The molecule has 1 aliphatic heterocycles. The molecule has 1 aliphatic rings. The van der Waals surface area contributed by atoms with Crippen molar-refractivity contribution in [1.29, 1.82) is 0 Å². The molecule has 0 saturated heterocycles. The standard InChI is InChI=1S/C22H40N2O3.C5H11NO2/c1-2-3-4-5-6-7-8-9-10-11-12-13-14-15-16-21-23-17-18-24(21,20-25)19-22(26)27;1-6(2,3)4-5(7)8/h17-18,25H,2-16,19-20H2,1H3;4H2,1-3H3/p+2. The molecule has 8 nitrogen and oxygen atoms in total. The molecule has 0 aliphatic carbocycles. The molecular formula is C27H53N3O5+2. The quantitative estimate of drug-likeness (QED) is 0.154. The molecule has 35 heavy (non-hydrogen) atoms. The fraction of sp³-hybridized carbons (Fsp3) is 0.815. The first-order valence-electron chi connectivity index (χ1n) is 13.5. The summed E-state index contributed by atoms with van der Waals surface area (Å²) in [6.07, 6.45) is 22.6. The van der Waals surface area contributed by atoms with Gasteiger partial charge in [-0.3, -0.25) is 0 Å². The van der Waals surface area contributed by atoms with Gasteiger partial charge in [-0.2, -0.15) is 0 Å². The smallest absolute Gasteiger partial charge is 0.360 e. The number of rotatable bonds is 20. The van der Waals surface area contributed by atoms with Crippen molar-refractivity contribution in [1.82, 2.24) is 0 Å². The van der Waals surface area contributed by atoms with Crippen molar-refractivity contribution >= 4 is 17.8 Å². The van der Waals surface area contributed by atoms with E-state index in [1.807, 2.05) is 21.1 Å². The van der Waals surface area contributed by atoms with E-state index in [2.05, 4.69) is 11.9 Å². The number of quaternary nitrogens is 2. The second-order valence-electron chi connectivity index (χ2n) is 10.8. The van der Waals surface area contributed by atoms with E-state index in [9.17, 15) is 14.7 Å². The van der Waals surface area contributed by atoms with Crippen molar-refractivity contribution in [2.24, 2.45) is 4.99 Å². The molecular weight excluding hydrogens is 446 g/mol. The number of aliphatic imine (C=N–C) groups is 1. The van der Waals surface area contributed by atoms with Gasteiger partial charge in [-0.15, -0.1) is 0 Å². The second kappa shape index (κ2) is 19.4. The number of aliphatic hydroxyl groups excluding tert-OH is 1. The number of aliphatic hydroxyl groups is 1. The zero-order valence-electron chi connectivity index (χ0n) is 22.9.